The van der Waals surface area contributed by atoms with Gasteiger partial charge >= 0.3 is 0 Å². The fourth-order valence-corrected chi connectivity index (χ4v) is 2.45. The first-order valence-electron chi connectivity index (χ1n) is 6.60. The van der Waals surface area contributed by atoms with E-state index in [0.717, 1.165) is 42.8 Å². The summed E-state index contributed by atoms with van der Waals surface area (Å²) in [5, 5.41) is 0. The molecule has 1 aliphatic rings. The number of hydrogen-bond donors (Lipinski definition) is 0. The lowest BCUT2D eigenvalue weighted by Gasteiger charge is -2.21. The minimum atomic E-state index is -0.399. The number of benzene rings is 1. The molecule has 1 fully saturated rings. The zero-order chi connectivity index (χ0) is 13.1. The van der Waals surface area contributed by atoms with E-state index < -0.39 is 6.10 Å². The Morgan fingerprint density at radius 2 is 1.72 bits per heavy atom. The maximum absolute atomic E-state index is 12.1. The first kappa shape index (κ1) is 12.9. The molecule has 1 amide bonds. The highest BCUT2D eigenvalue weighted by Crippen LogP contribution is 2.19. The molecule has 3 heteroatoms. The largest absolute Gasteiger partial charge is 0.481 e. The van der Waals surface area contributed by atoms with Crippen molar-refractivity contribution in [1.29, 1.82) is 0 Å². The average Bonchev–Trinajstić information content (AvgIpc) is 2.79. The quantitative estimate of drug-likeness (QED) is 0.822. The van der Waals surface area contributed by atoms with Gasteiger partial charge in [-0.05, 0) is 56.9 Å². The predicted molar refractivity (Wildman–Crippen MR) is 71.8 cm³/mol. The Bertz CT molecular complexity index is 416. The molecule has 1 heterocycles. The Morgan fingerprint density at radius 3 is 2.28 bits per heavy atom. The molecule has 18 heavy (non-hydrogen) atoms. The Morgan fingerprint density at radius 1 is 1.17 bits per heavy atom. The molecule has 0 saturated carbocycles. The number of hydrogen-bond acceptors (Lipinski definition) is 2. The molecule has 1 aliphatic heterocycles. The third-order valence-electron chi connectivity index (χ3n) is 3.27. The maximum Gasteiger partial charge on any atom is 0.263 e. The minimum absolute atomic E-state index is 0.103. The highest BCUT2D eigenvalue weighted by molar-refractivity contribution is 5.81. The van der Waals surface area contributed by atoms with Gasteiger partial charge in [-0.2, -0.15) is 0 Å². The molecule has 1 atom stereocenters. The SMILES string of the molecule is Cc1cc(C)cc(O[C@@H](C)C(=O)N2CCCC2)c1. The summed E-state index contributed by atoms with van der Waals surface area (Å²) in [4.78, 5) is 14.0. The first-order valence-corrected chi connectivity index (χ1v) is 6.60. The lowest BCUT2D eigenvalue weighted by Crippen LogP contribution is -2.38. The van der Waals surface area contributed by atoms with Crippen molar-refractivity contribution in [1.82, 2.24) is 4.90 Å². The van der Waals surface area contributed by atoms with E-state index in [4.69, 9.17) is 4.74 Å². The smallest absolute Gasteiger partial charge is 0.263 e. The molecular formula is C15H21NO2. The molecule has 0 N–H and O–H groups in total. The summed E-state index contributed by atoms with van der Waals surface area (Å²) in [5.41, 5.74) is 2.32. The van der Waals surface area contributed by atoms with Crippen LogP contribution in [-0.4, -0.2) is 30.0 Å². The van der Waals surface area contributed by atoms with E-state index in [-0.39, 0.29) is 5.91 Å². The molecule has 98 valence electrons. The Hall–Kier alpha value is -1.51. The summed E-state index contributed by atoms with van der Waals surface area (Å²) >= 11 is 0. The average molecular weight is 247 g/mol. The van der Waals surface area contributed by atoms with Crippen molar-refractivity contribution in [3.8, 4) is 5.75 Å². The number of carbonyl (C=O) groups excluding carboxylic acids is 1. The summed E-state index contributed by atoms with van der Waals surface area (Å²) in [6.45, 7) is 7.65. The number of ether oxygens (including phenoxy) is 1. The molecule has 0 radical (unpaired) electrons. The second-order valence-corrected chi connectivity index (χ2v) is 5.12. The monoisotopic (exact) mass is 247 g/mol. The van der Waals surface area contributed by atoms with Crippen LogP contribution in [0.2, 0.25) is 0 Å². The summed E-state index contributed by atoms with van der Waals surface area (Å²) < 4.78 is 5.76. The summed E-state index contributed by atoms with van der Waals surface area (Å²) in [6.07, 6.45) is 1.83. The number of amides is 1. The third kappa shape index (κ3) is 3.03. The van der Waals surface area contributed by atoms with Gasteiger partial charge < -0.3 is 9.64 Å². The van der Waals surface area contributed by atoms with Crippen LogP contribution in [0.4, 0.5) is 0 Å². The molecule has 0 bridgehead atoms. The van der Waals surface area contributed by atoms with Crippen LogP contribution in [0.1, 0.15) is 30.9 Å². The molecule has 0 unspecified atom stereocenters. The van der Waals surface area contributed by atoms with Crippen LogP contribution >= 0.6 is 0 Å². The van der Waals surface area contributed by atoms with E-state index in [2.05, 4.69) is 6.07 Å². The Kier molecular flexibility index (Phi) is 3.90. The van der Waals surface area contributed by atoms with E-state index in [1.807, 2.05) is 37.8 Å². The van der Waals surface area contributed by atoms with Crippen molar-refractivity contribution in [2.45, 2.75) is 39.7 Å². The van der Waals surface area contributed by atoms with E-state index in [0.29, 0.717) is 0 Å². The summed E-state index contributed by atoms with van der Waals surface area (Å²) in [7, 11) is 0. The van der Waals surface area contributed by atoms with Crippen LogP contribution in [0.5, 0.6) is 5.75 Å². The highest BCUT2D eigenvalue weighted by Gasteiger charge is 2.24. The van der Waals surface area contributed by atoms with Gasteiger partial charge in [0, 0.05) is 13.1 Å². The van der Waals surface area contributed by atoms with E-state index in [9.17, 15) is 4.79 Å². The van der Waals surface area contributed by atoms with Crippen molar-refractivity contribution in [3.05, 3.63) is 29.3 Å². The van der Waals surface area contributed by atoms with Crippen LogP contribution in [0.3, 0.4) is 0 Å². The topological polar surface area (TPSA) is 29.5 Å². The Balaban J connectivity index is 2.01. The standard InChI is InChI=1S/C15H21NO2/c1-11-8-12(2)10-14(9-11)18-13(3)15(17)16-6-4-5-7-16/h8-10,13H,4-7H2,1-3H3/t13-/m0/s1. The maximum atomic E-state index is 12.1. The van der Waals surface area contributed by atoms with Crippen LogP contribution in [0.25, 0.3) is 0 Å². The Labute approximate surface area is 109 Å². The van der Waals surface area contributed by atoms with Gasteiger partial charge in [-0.1, -0.05) is 6.07 Å². The van der Waals surface area contributed by atoms with Crippen molar-refractivity contribution in [2.75, 3.05) is 13.1 Å². The molecule has 0 aromatic heterocycles. The second-order valence-electron chi connectivity index (χ2n) is 5.12. The van der Waals surface area contributed by atoms with E-state index >= 15 is 0 Å². The van der Waals surface area contributed by atoms with Crippen molar-refractivity contribution >= 4 is 5.91 Å². The molecule has 2 rings (SSSR count). The second kappa shape index (κ2) is 5.42. The summed E-state index contributed by atoms with van der Waals surface area (Å²) in [5.74, 6) is 0.888. The molecule has 1 aromatic rings. The fraction of sp³-hybridized carbons (Fsp3) is 0.533. The first-order chi connectivity index (χ1) is 8.56. The van der Waals surface area contributed by atoms with Gasteiger partial charge in [0.05, 0.1) is 0 Å². The number of rotatable bonds is 3. The molecule has 3 nitrogen and oxygen atoms in total. The molecule has 0 aliphatic carbocycles. The predicted octanol–water partition coefficient (Wildman–Crippen LogP) is 2.69. The number of nitrogens with zero attached hydrogens (tertiary/aromatic N) is 1. The summed E-state index contributed by atoms with van der Waals surface area (Å²) in [6, 6.07) is 6.04. The van der Waals surface area contributed by atoms with Gasteiger partial charge in [0.1, 0.15) is 5.75 Å². The molecule has 1 aromatic carbocycles. The van der Waals surface area contributed by atoms with Crippen molar-refractivity contribution < 1.29 is 9.53 Å². The van der Waals surface area contributed by atoms with Crippen molar-refractivity contribution in [3.63, 3.8) is 0 Å². The van der Waals surface area contributed by atoms with Gasteiger partial charge in [0.25, 0.3) is 5.91 Å². The van der Waals surface area contributed by atoms with Gasteiger partial charge in [-0.25, -0.2) is 0 Å². The lowest BCUT2D eigenvalue weighted by atomic mass is 10.1. The highest BCUT2D eigenvalue weighted by atomic mass is 16.5. The molecule has 0 spiro atoms. The third-order valence-corrected chi connectivity index (χ3v) is 3.27. The van der Waals surface area contributed by atoms with Crippen LogP contribution < -0.4 is 4.74 Å². The van der Waals surface area contributed by atoms with E-state index in [1.54, 1.807) is 0 Å². The zero-order valence-electron chi connectivity index (χ0n) is 11.4. The van der Waals surface area contributed by atoms with Crippen LogP contribution in [-0.2, 0) is 4.79 Å². The zero-order valence-corrected chi connectivity index (χ0v) is 11.4. The lowest BCUT2D eigenvalue weighted by molar-refractivity contribution is -0.136. The van der Waals surface area contributed by atoms with Gasteiger partial charge in [0.2, 0.25) is 0 Å². The van der Waals surface area contributed by atoms with E-state index in [1.165, 1.54) is 0 Å². The number of likely N-dealkylation sites (tertiary alicyclic amines) is 1. The van der Waals surface area contributed by atoms with Gasteiger partial charge in [0.15, 0.2) is 6.10 Å². The molecule has 1 saturated heterocycles. The minimum Gasteiger partial charge on any atom is -0.481 e. The molecular weight excluding hydrogens is 226 g/mol. The van der Waals surface area contributed by atoms with Crippen LogP contribution in [0, 0.1) is 13.8 Å². The van der Waals surface area contributed by atoms with Gasteiger partial charge in [-0.3, -0.25) is 4.79 Å². The fourth-order valence-electron chi connectivity index (χ4n) is 2.45. The van der Waals surface area contributed by atoms with Crippen LogP contribution in [0.15, 0.2) is 18.2 Å². The number of carbonyl (C=O) groups is 1. The normalized spacial score (nSPS) is 16.7. The van der Waals surface area contributed by atoms with Crippen molar-refractivity contribution in [2.24, 2.45) is 0 Å². The van der Waals surface area contributed by atoms with Gasteiger partial charge in [-0.15, -0.1) is 0 Å². The number of aryl methyl sites for hydroxylation is 2.